The zero-order valence-electron chi connectivity index (χ0n) is 16.5. The van der Waals surface area contributed by atoms with Gasteiger partial charge in [0.2, 0.25) is 5.91 Å². The Morgan fingerprint density at radius 1 is 0.857 bits per heavy atom. The number of hydrogen-bond acceptors (Lipinski definition) is 2. The Labute approximate surface area is 167 Å². The van der Waals surface area contributed by atoms with Crippen LogP contribution in [-0.2, 0) is 11.2 Å². The van der Waals surface area contributed by atoms with E-state index < -0.39 is 0 Å². The Hall–Kier alpha value is -3.07. The summed E-state index contributed by atoms with van der Waals surface area (Å²) in [7, 11) is 1.67. The van der Waals surface area contributed by atoms with Crippen LogP contribution in [0.1, 0.15) is 36.0 Å². The van der Waals surface area contributed by atoms with Crippen molar-refractivity contribution >= 4 is 5.91 Å². The number of hydrogen-bond donors (Lipinski definition) is 1. The van der Waals surface area contributed by atoms with Crippen LogP contribution in [0.3, 0.4) is 0 Å². The first kappa shape index (κ1) is 19.7. The molecule has 144 valence electrons. The first-order valence-corrected chi connectivity index (χ1v) is 9.70. The molecule has 0 bridgehead atoms. The number of aryl methyl sites for hydroxylation is 1. The van der Waals surface area contributed by atoms with Crippen molar-refractivity contribution in [3.05, 3.63) is 102 Å². The van der Waals surface area contributed by atoms with Gasteiger partial charge in [-0.3, -0.25) is 4.79 Å². The normalized spacial score (nSPS) is 11.8. The molecule has 0 aliphatic rings. The fourth-order valence-corrected chi connectivity index (χ4v) is 3.36. The van der Waals surface area contributed by atoms with E-state index in [0.717, 1.165) is 29.7 Å². The molecule has 28 heavy (non-hydrogen) atoms. The van der Waals surface area contributed by atoms with E-state index in [4.69, 9.17) is 4.74 Å². The molecule has 3 nitrogen and oxygen atoms in total. The monoisotopic (exact) mass is 373 g/mol. The number of carbonyl (C=O) groups is 1. The molecular formula is C25H27NO2. The molecule has 0 saturated heterocycles. The molecule has 3 aromatic carbocycles. The Bertz CT molecular complexity index is 821. The third kappa shape index (κ3) is 5.23. The van der Waals surface area contributed by atoms with Crippen LogP contribution in [0.4, 0.5) is 0 Å². The molecule has 0 saturated carbocycles. The Kier molecular flexibility index (Phi) is 6.85. The molecule has 0 aliphatic heterocycles. The van der Waals surface area contributed by atoms with Crippen LogP contribution in [0.2, 0.25) is 0 Å². The summed E-state index contributed by atoms with van der Waals surface area (Å²) in [5, 5.41) is 3.21. The quantitative estimate of drug-likeness (QED) is 0.606. The zero-order valence-corrected chi connectivity index (χ0v) is 16.5. The number of methoxy groups -OCH3 is 1. The maximum Gasteiger partial charge on any atom is 0.232 e. The number of amides is 1. The summed E-state index contributed by atoms with van der Waals surface area (Å²) >= 11 is 0. The van der Waals surface area contributed by atoms with Crippen LogP contribution in [0.25, 0.3) is 0 Å². The minimum Gasteiger partial charge on any atom is -0.497 e. The topological polar surface area (TPSA) is 38.3 Å². The van der Waals surface area contributed by atoms with Gasteiger partial charge in [0.05, 0.1) is 13.0 Å². The number of ether oxygens (including phenoxy) is 1. The Balaban J connectivity index is 1.65. The lowest BCUT2D eigenvalue weighted by molar-refractivity contribution is -0.122. The molecule has 1 N–H and O–H groups in total. The highest BCUT2D eigenvalue weighted by Crippen LogP contribution is 2.25. The molecule has 3 aromatic rings. The maximum atomic E-state index is 13.1. The third-order valence-corrected chi connectivity index (χ3v) is 4.94. The van der Waals surface area contributed by atoms with E-state index in [2.05, 4.69) is 24.4 Å². The van der Waals surface area contributed by atoms with Crippen molar-refractivity contribution in [2.45, 2.75) is 31.7 Å². The van der Waals surface area contributed by atoms with E-state index in [0.29, 0.717) is 0 Å². The van der Waals surface area contributed by atoms with Crippen molar-refractivity contribution in [3.63, 3.8) is 0 Å². The number of nitrogens with one attached hydrogen (secondary N) is 1. The molecule has 0 fully saturated rings. The SMILES string of the molecule is COc1ccc(CCC(C)NC(=O)C(c2ccccc2)c2ccccc2)cc1. The van der Waals surface area contributed by atoms with Gasteiger partial charge in [-0.1, -0.05) is 72.8 Å². The first-order chi connectivity index (χ1) is 13.7. The molecule has 0 aliphatic carbocycles. The summed E-state index contributed by atoms with van der Waals surface area (Å²) in [6.07, 6.45) is 1.79. The highest BCUT2D eigenvalue weighted by molar-refractivity contribution is 5.87. The van der Waals surface area contributed by atoms with Crippen molar-refractivity contribution in [2.24, 2.45) is 0 Å². The number of rotatable bonds is 8. The average Bonchev–Trinajstić information content (AvgIpc) is 2.74. The molecule has 1 atom stereocenters. The molecule has 3 heteroatoms. The van der Waals surface area contributed by atoms with E-state index >= 15 is 0 Å². The predicted molar refractivity (Wildman–Crippen MR) is 114 cm³/mol. The van der Waals surface area contributed by atoms with Gasteiger partial charge in [0.25, 0.3) is 0 Å². The second-order valence-corrected chi connectivity index (χ2v) is 7.05. The molecular weight excluding hydrogens is 346 g/mol. The van der Waals surface area contributed by atoms with Gasteiger partial charge in [0.1, 0.15) is 5.75 Å². The highest BCUT2D eigenvalue weighted by Gasteiger charge is 2.23. The van der Waals surface area contributed by atoms with E-state index in [-0.39, 0.29) is 17.9 Å². The smallest absolute Gasteiger partial charge is 0.232 e. The zero-order chi connectivity index (χ0) is 19.8. The number of benzene rings is 3. The molecule has 0 heterocycles. The molecule has 0 aromatic heterocycles. The largest absolute Gasteiger partial charge is 0.497 e. The minimum atomic E-state index is -0.300. The lowest BCUT2D eigenvalue weighted by Gasteiger charge is -2.21. The van der Waals surface area contributed by atoms with Crippen molar-refractivity contribution < 1.29 is 9.53 Å². The lowest BCUT2D eigenvalue weighted by Crippen LogP contribution is -2.37. The summed E-state index contributed by atoms with van der Waals surface area (Å²) in [4.78, 5) is 13.1. The Morgan fingerprint density at radius 3 is 1.89 bits per heavy atom. The van der Waals surface area contributed by atoms with Crippen molar-refractivity contribution in [1.29, 1.82) is 0 Å². The molecule has 3 rings (SSSR count). The summed E-state index contributed by atoms with van der Waals surface area (Å²) in [6, 6.07) is 28.1. The maximum absolute atomic E-state index is 13.1. The molecule has 1 amide bonds. The average molecular weight is 373 g/mol. The van der Waals surface area contributed by atoms with E-state index in [1.165, 1.54) is 5.56 Å². The third-order valence-electron chi connectivity index (χ3n) is 4.94. The lowest BCUT2D eigenvalue weighted by atomic mass is 9.90. The van der Waals surface area contributed by atoms with Crippen LogP contribution in [0.15, 0.2) is 84.9 Å². The molecule has 1 unspecified atom stereocenters. The van der Waals surface area contributed by atoms with Gasteiger partial charge in [-0.2, -0.15) is 0 Å². The standard InChI is InChI=1S/C25H27NO2/c1-19(13-14-20-15-17-23(28-2)18-16-20)26-25(27)24(21-9-5-3-6-10-21)22-11-7-4-8-12-22/h3-12,15-19,24H,13-14H2,1-2H3,(H,26,27). The van der Waals surface area contributed by atoms with Gasteiger partial charge in [-0.15, -0.1) is 0 Å². The van der Waals surface area contributed by atoms with E-state index in [1.54, 1.807) is 7.11 Å². The summed E-state index contributed by atoms with van der Waals surface area (Å²) < 4.78 is 5.20. The van der Waals surface area contributed by atoms with Gasteiger partial charge in [-0.05, 0) is 48.6 Å². The minimum absolute atomic E-state index is 0.0413. The van der Waals surface area contributed by atoms with E-state index in [9.17, 15) is 4.79 Å². The second-order valence-electron chi connectivity index (χ2n) is 7.05. The number of carbonyl (C=O) groups excluding carboxylic acids is 1. The summed E-state index contributed by atoms with van der Waals surface area (Å²) in [5.74, 6) is 0.601. The summed E-state index contributed by atoms with van der Waals surface area (Å²) in [5.41, 5.74) is 3.26. The van der Waals surface area contributed by atoms with Crippen LogP contribution in [0, 0.1) is 0 Å². The first-order valence-electron chi connectivity index (χ1n) is 9.70. The van der Waals surface area contributed by atoms with Crippen LogP contribution >= 0.6 is 0 Å². The molecule has 0 spiro atoms. The fraction of sp³-hybridized carbons (Fsp3) is 0.240. The van der Waals surface area contributed by atoms with Crippen LogP contribution in [0.5, 0.6) is 5.75 Å². The fourth-order valence-electron chi connectivity index (χ4n) is 3.36. The van der Waals surface area contributed by atoms with Gasteiger partial charge >= 0.3 is 0 Å². The predicted octanol–water partition coefficient (Wildman–Crippen LogP) is 4.96. The van der Waals surface area contributed by atoms with Gasteiger partial charge in [-0.25, -0.2) is 0 Å². The molecule has 0 radical (unpaired) electrons. The van der Waals surface area contributed by atoms with Crippen LogP contribution in [-0.4, -0.2) is 19.1 Å². The van der Waals surface area contributed by atoms with Gasteiger partial charge in [0.15, 0.2) is 0 Å². The van der Waals surface area contributed by atoms with Gasteiger partial charge in [0, 0.05) is 6.04 Å². The van der Waals surface area contributed by atoms with Gasteiger partial charge < -0.3 is 10.1 Å². The summed E-state index contributed by atoms with van der Waals surface area (Å²) in [6.45, 7) is 2.06. The van der Waals surface area contributed by atoms with Crippen molar-refractivity contribution in [3.8, 4) is 5.75 Å². The van der Waals surface area contributed by atoms with Crippen molar-refractivity contribution in [2.75, 3.05) is 7.11 Å². The Morgan fingerprint density at radius 2 is 1.39 bits per heavy atom. The van der Waals surface area contributed by atoms with Crippen LogP contribution < -0.4 is 10.1 Å². The second kappa shape index (κ2) is 9.75. The van der Waals surface area contributed by atoms with Crippen molar-refractivity contribution in [1.82, 2.24) is 5.32 Å². The van der Waals surface area contributed by atoms with E-state index in [1.807, 2.05) is 72.8 Å². The highest BCUT2D eigenvalue weighted by atomic mass is 16.5.